The van der Waals surface area contributed by atoms with Crippen LogP contribution in [0, 0.1) is 0 Å². The van der Waals surface area contributed by atoms with Crippen molar-refractivity contribution in [3.63, 3.8) is 0 Å². The first-order valence-electron chi connectivity index (χ1n) is 24.6. The summed E-state index contributed by atoms with van der Waals surface area (Å²) in [5.74, 6) is 2.86. The van der Waals surface area contributed by atoms with Crippen LogP contribution in [0.1, 0.15) is 6.85 Å². The molecule has 0 spiro atoms. The fraction of sp³-hybridized carbons (Fsp3) is 0. The van der Waals surface area contributed by atoms with Gasteiger partial charge in [0.15, 0.2) is 34.9 Å². The van der Waals surface area contributed by atoms with E-state index in [2.05, 4.69) is 47.0 Å². The minimum Gasteiger partial charge on any atom is -0.308 e. The van der Waals surface area contributed by atoms with Gasteiger partial charge in [0.2, 0.25) is 0 Å². The summed E-state index contributed by atoms with van der Waals surface area (Å²) < 4.78 is 48.1. The molecule has 318 valence electrons. The lowest BCUT2D eigenvalue weighted by molar-refractivity contribution is 1.06. The van der Waals surface area contributed by atoms with E-state index in [9.17, 15) is 0 Å². The number of benzene rings is 9. The summed E-state index contributed by atoms with van der Waals surface area (Å²) in [4.78, 5) is 31.3. The highest BCUT2D eigenvalue weighted by Crippen LogP contribution is 2.43. The summed E-state index contributed by atoms with van der Waals surface area (Å²) in [6.45, 7) is 0. The fourth-order valence-electron chi connectivity index (χ4n) is 9.12. The van der Waals surface area contributed by atoms with Gasteiger partial charge in [-0.15, -0.1) is 11.3 Å². The minimum atomic E-state index is -0.446. The summed E-state index contributed by atoms with van der Waals surface area (Å²) in [5.41, 5.74) is 7.59. The molecule has 7 nitrogen and oxygen atoms in total. The van der Waals surface area contributed by atoms with Gasteiger partial charge in [-0.25, -0.2) is 29.9 Å². The predicted molar refractivity (Wildman–Crippen MR) is 278 cm³/mol. The van der Waals surface area contributed by atoms with Crippen LogP contribution in [0.25, 0.3) is 127 Å². The van der Waals surface area contributed by atoms with Gasteiger partial charge in [0.1, 0.15) is 0 Å². The highest BCUT2D eigenvalue weighted by molar-refractivity contribution is 7.26. The zero-order valence-corrected chi connectivity index (χ0v) is 36.8. The van der Waals surface area contributed by atoms with Crippen molar-refractivity contribution in [1.29, 1.82) is 0 Å². The van der Waals surface area contributed by atoms with E-state index in [0.717, 1.165) is 54.1 Å². The second-order valence-electron chi connectivity index (χ2n) is 16.3. The summed E-state index contributed by atoms with van der Waals surface area (Å²) >= 11 is 1.72. The molecule has 0 bridgehead atoms. The van der Waals surface area contributed by atoms with Crippen LogP contribution in [0.3, 0.4) is 0 Å². The molecule has 0 saturated carbocycles. The van der Waals surface area contributed by atoms with Crippen molar-refractivity contribution in [2.24, 2.45) is 0 Å². The maximum Gasteiger partial charge on any atom is 0.166 e. The Hall–Kier alpha value is -8.98. The van der Waals surface area contributed by atoms with Crippen molar-refractivity contribution in [3.05, 3.63) is 224 Å². The maximum absolute atomic E-state index is 9.05. The molecule has 4 aromatic heterocycles. The Kier molecular flexibility index (Phi) is 8.33. The largest absolute Gasteiger partial charge is 0.308 e. The Morgan fingerprint density at radius 1 is 0.353 bits per heavy atom. The molecule has 0 amide bonds. The average molecular weight is 893 g/mol. The SMILES string of the molecule is [2H]c1c([2H])c([2H])c(-c2cccc3c2c2ccccc2n3-c2ccc(-c3nc(-c4ccccc4)nc(-c4cccc5c4sc4ccccc45)n3)cc2-c2nc(-c3ccccc3)nc(-c3ccccc3)n2)c([2H])c1[2H]. The van der Waals surface area contributed by atoms with Crippen molar-refractivity contribution in [2.45, 2.75) is 0 Å². The second kappa shape index (κ2) is 16.5. The first-order chi connectivity index (χ1) is 35.8. The van der Waals surface area contributed by atoms with Crippen molar-refractivity contribution in [2.75, 3.05) is 0 Å². The lowest BCUT2D eigenvalue weighted by atomic mass is 9.99. The molecule has 0 fully saturated rings. The normalized spacial score (nSPS) is 12.6. The molecule has 13 rings (SSSR count). The van der Waals surface area contributed by atoms with Gasteiger partial charge in [-0.1, -0.05) is 182 Å². The first kappa shape index (κ1) is 34.4. The molecule has 13 aromatic rings. The van der Waals surface area contributed by atoms with E-state index < -0.39 is 18.1 Å². The Morgan fingerprint density at radius 2 is 0.853 bits per heavy atom. The number of hydrogen-bond donors (Lipinski definition) is 0. The van der Waals surface area contributed by atoms with Gasteiger partial charge in [-0.3, -0.25) is 0 Å². The van der Waals surface area contributed by atoms with Gasteiger partial charge in [0.25, 0.3) is 0 Å². The highest BCUT2D eigenvalue weighted by atomic mass is 32.1. The Bertz CT molecular complexity index is 4250. The first-order valence-corrected chi connectivity index (χ1v) is 22.9. The van der Waals surface area contributed by atoms with Crippen LogP contribution in [0.15, 0.2) is 224 Å². The molecule has 0 aliphatic rings. The second-order valence-corrected chi connectivity index (χ2v) is 17.3. The number of nitrogens with zero attached hydrogens (tertiary/aromatic N) is 7. The van der Waals surface area contributed by atoms with Gasteiger partial charge in [-0.05, 0) is 53.6 Å². The minimum absolute atomic E-state index is 0.124. The number of rotatable bonds is 8. The van der Waals surface area contributed by atoms with Crippen LogP contribution in [0.5, 0.6) is 0 Å². The van der Waals surface area contributed by atoms with Crippen molar-refractivity contribution in [3.8, 4) is 85.1 Å². The molecule has 4 heterocycles. The zero-order chi connectivity index (χ0) is 49.3. The van der Waals surface area contributed by atoms with Crippen molar-refractivity contribution in [1.82, 2.24) is 34.5 Å². The van der Waals surface area contributed by atoms with Gasteiger partial charge in [0.05, 0.1) is 23.6 Å². The van der Waals surface area contributed by atoms with E-state index in [0.29, 0.717) is 57.3 Å². The van der Waals surface area contributed by atoms with Crippen LogP contribution >= 0.6 is 11.3 Å². The Labute approximate surface area is 402 Å². The molecule has 68 heavy (non-hydrogen) atoms. The number of hydrogen-bond acceptors (Lipinski definition) is 7. The van der Waals surface area contributed by atoms with Crippen LogP contribution in [-0.4, -0.2) is 34.5 Å². The van der Waals surface area contributed by atoms with Crippen LogP contribution in [0.2, 0.25) is 0 Å². The van der Waals surface area contributed by atoms with Gasteiger partial charge < -0.3 is 4.57 Å². The zero-order valence-electron chi connectivity index (χ0n) is 41.0. The van der Waals surface area contributed by atoms with Crippen LogP contribution < -0.4 is 0 Å². The van der Waals surface area contributed by atoms with E-state index in [4.69, 9.17) is 36.8 Å². The highest BCUT2D eigenvalue weighted by Gasteiger charge is 2.23. The summed E-state index contributed by atoms with van der Waals surface area (Å²) in [6, 6.07) is 62.2. The van der Waals surface area contributed by atoms with E-state index in [1.165, 1.54) is 10.1 Å². The number of para-hydroxylation sites is 1. The van der Waals surface area contributed by atoms with E-state index >= 15 is 0 Å². The molecule has 0 N–H and O–H groups in total. The molecular weight excluding hydrogens is 851 g/mol. The summed E-state index contributed by atoms with van der Waals surface area (Å²) in [7, 11) is 0. The van der Waals surface area contributed by atoms with E-state index in [1.807, 2.05) is 152 Å². The standard InChI is InChI=1S/C60H37N7S/c1-5-19-38(20-6-1)43-29-18-33-51-53(43)46-28-13-15-32-49(46)67(51)50-36-35-42(37-48(50)60-64-55(39-21-7-2-8-22-39)61-56(65-60)40-23-9-3-10-24-40)58-62-57(41-25-11-4-12-26-41)63-59(66-58)47-31-17-30-45-44-27-14-16-34-52(44)68-54(45)47/h1-37H/i1D,5D,6D,19D,20D. The monoisotopic (exact) mass is 892 g/mol. The van der Waals surface area contributed by atoms with Crippen LogP contribution in [0.4, 0.5) is 0 Å². The molecular formula is C60H37N7S. The van der Waals surface area contributed by atoms with E-state index in [-0.39, 0.29) is 17.6 Å². The third-order valence-electron chi connectivity index (χ3n) is 12.2. The number of fused-ring (bicyclic) bond motifs is 6. The third-order valence-corrected chi connectivity index (χ3v) is 13.4. The average Bonchev–Trinajstić information content (AvgIpc) is 4.01. The smallest absolute Gasteiger partial charge is 0.166 e. The summed E-state index contributed by atoms with van der Waals surface area (Å²) in [5, 5.41) is 3.86. The van der Waals surface area contributed by atoms with Crippen LogP contribution in [-0.2, 0) is 0 Å². The fourth-order valence-corrected chi connectivity index (χ4v) is 10.3. The van der Waals surface area contributed by atoms with Gasteiger partial charge in [0, 0.05) is 64.3 Å². The molecule has 0 atom stereocenters. The lowest BCUT2D eigenvalue weighted by Gasteiger charge is -2.16. The quantitative estimate of drug-likeness (QED) is 0.151. The molecule has 0 saturated heterocycles. The predicted octanol–water partition coefficient (Wildman–Crippen LogP) is 15.2. The number of aromatic nitrogens is 7. The lowest BCUT2D eigenvalue weighted by Crippen LogP contribution is -2.05. The van der Waals surface area contributed by atoms with Crippen molar-refractivity contribution >= 4 is 53.3 Å². The van der Waals surface area contributed by atoms with Crippen molar-refractivity contribution < 1.29 is 6.85 Å². The number of thiophene rings is 1. The van der Waals surface area contributed by atoms with Gasteiger partial charge in [-0.2, -0.15) is 0 Å². The molecule has 9 aromatic carbocycles. The molecule has 0 aliphatic carbocycles. The molecule has 0 unspecified atom stereocenters. The molecule has 0 aliphatic heterocycles. The molecule has 8 heteroatoms. The third kappa shape index (κ3) is 6.82. The maximum atomic E-state index is 9.05. The Balaban J connectivity index is 1.11. The summed E-state index contributed by atoms with van der Waals surface area (Å²) in [6.07, 6.45) is 0. The topological polar surface area (TPSA) is 82.3 Å². The Morgan fingerprint density at radius 3 is 1.51 bits per heavy atom. The molecule has 0 radical (unpaired) electrons. The van der Waals surface area contributed by atoms with E-state index in [1.54, 1.807) is 11.3 Å². The van der Waals surface area contributed by atoms with Gasteiger partial charge >= 0.3 is 0 Å².